The molecule has 2 fully saturated rings. The lowest BCUT2D eigenvalue weighted by molar-refractivity contribution is -0.148. The van der Waals surface area contributed by atoms with Gasteiger partial charge >= 0.3 is 0 Å². The third-order valence-electron chi connectivity index (χ3n) is 7.93. The Morgan fingerprint density at radius 3 is 2.44 bits per heavy atom. The van der Waals surface area contributed by atoms with Crippen LogP contribution in [0.1, 0.15) is 74.9 Å². The molecule has 2 saturated heterocycles. The lowest BCUT2D eigenvalue weighted by Gasteiger charge is -2.46. The van der Waals surface area contributed by atoms with Crippen LogP contribution >= 0.6 is 0 Å². The van der Waals surface area contributed by atoms with Crippen LogP contribution in [0.15, 0.2) is 41.1 Å². The summed E-state index contributed by atoms with van der Waals surface area (Å²) >= 11 is 0. The van der Waals surface area contributed by atoms with E-state index in [0.29, 0.717) is 12.5 Å². The zero-order valence-corrected chi connectivity index (χ0v) is 22.0. The zero-order chi connectivity index (χ0) is 25.3. The molecule has 4 heterocycles. The maximum atomic E-state index is 13.9. The quantitative estimate of drug-likeness (QED) is 0.563. The molecule has 0 saturated carbocycles. The number of hydrogen-bond donors (Lipinski definition) is 0. The number of aryl methyl sites for hydroxylation is 2. The number of rotatable bonds is 5. The summed E-state index contributed by atoms with van der Waals surface area (Å²) in [5, 5.41) is 4.26. The molecular weight excluding hydrogens is 450 g/mol. The molecule has 0 bridgehead atoms. The number of carbonyl (C=O) groups excluding carboxylic acids is 1. The number of amides is 1. The second kappa shape index (κ2) is 10.0. The minimum atomic E-state index is -0.279. The number of hydrogen-bond acceptors (Lipinski definition) is 6. The lowest BCUT2D eigenvalue weighted by Crippen LogP contribution is -2.53. The summed E-state index contributed by atoms with van der Waals surface area (Å²) < 4.78 is 0. The Kier molecular flexibility index (Phi) is 6.82. The number of anilines is 1. The summed E-state index contributed by atoms with van der Waals surface area (Å²) in [6.45, 7) is 11.2. The SMILES string of the molecule is CCC1=C(c2ccccc2CN2CCCC3(CCN(c4nc(C)cc(C)n4)CC3)C2=O)ON=C(C)C1. The third kappa shape index (κ3) is 4.75. The van der Waals surface area contributed by atoms with Gasteiger partial charge in [0.1, 0.15) is 0 Å². The molecule has 1 amide bonds. The van der Waals surface area contributed by atoms with Crippen LogP contribution in [0, 0.1) is 19.3 Å². The number of allylic oxidation sites excluding steroid dienone is 1. The standard InChI is InChI=1S/C29H37N5O2/c1-5-23-18-22(4)32-36-26(23)25-10-7-6-9-24(25)19-34-14-8-11-29(27(34)35)12-15-33(16-13-29)28-30-20(2)17-21(3)31-28/h6-7,9-10,17H,5,8,11-16,18-19H2,1-4H3. The summed E-state index contributed by atoms with van der Waals surface area (Å²) in [4.78, 5) is 33.4. The first-order valence-electron chi connectivity index (χ1n) is 13.3. The van der Waals surface area contributed by atoms with Crippen LogP contribution in [0.4, 0.5) is 5.95 Å². The van der Waals surface area contributed by atoms with E-state index in [4.69, 9.17) is 4.84 Å². The van der Waals surface area contributed by atoms with Crippen molar-refractivity contribution in [2.24, 2.45) is 10.6 Å². The van der Waals surface area contributed by atoms with Crippen molar-refractivity contribution in [3.63, 3.8) is 0 Å². The highest BCUT2D eigenvalue weighted by Gasteiger charge is 2.46. The fraction of sp³-hybridized carbons (Fsp3) is 0.517. The summed E-state index contributed by atoms with van der Waals surface area (Å²) in [6.07, 6.45) is 5.46. The largest absolute Gasteiger partial charge is 0.356 e. The molecule has 3 aliphatic rings. The van der Waals surface area contributed by atoms with E-state index < -0.39 is 0 Å². The Hall–Kier alpha value is -3.22. The Morgan fingerprint density at radius 1 is 1.00 bits per heavy atom. The molecule has 190 valence electrons. The molecular formula is C29H37N5O2. The first kappa shape index (κ1) is 24.5. The van der Waals surface area contributed by atoms with E-state index in [-0.39, 0.29) is 5.41 Å². The zero-order valence-electron chi connectivity index (χ0n) is 22.0. The number of piperidine rings is 2. The van der Waals surface area contributed by atoms with Gasteiger partial charge in [-0.3, -0.25) is 4.79 Å². The second-order valence-electron chi connectivity index (χ2n) is 10.6. The number of aromatic nitrogens is 2. The lowest BCUT2D eigenvalue weighted by atomic mass is 9.71. The number of benzene rings is 1. The summed E-state index contributed by atoms with van der Waals surface area (Å²) in [6, 6.07) is 10.3. The van der Waals surface area contributed by atoms with Crippen molar-refractivity contribution in [3.05, 3.63) is 58.4 Å². The third-order valence-corrected chi connectivity index (χ3v) is 7.93. The highest BCUT2D eigenvalue weighted by Crippen LogP contribution is 2.42. The van der Waals surface area contributed by atoms with E-state index in [1.54, 1.807) is 0 Å². The van der Waals surface area contributed by atoms with E-state index in [9.17, 15) is 4.79 Å². The van der Waals surface area contributed by atoms with Crippen molar-refractivity contribution >= 4 is 23.3 Å². The van der Waals surface area contributed by atoms with Crippen molar-refractivity contribution in [1.29, 1.82) is 0 Å². The van der Waals surface area contributed by atoms with Crippen LogP contribution in [-0.2, 0) is 16.2 Å². The highest BCUT2D eigenvalue weighted by molar-refractivity contribution is 5.88. The van der Waals surface area contributed by atoms with Gasteiger partial charge < -0.3 is 14.6 Å². The molecule has 1 aromatic heterocycles. The number of likely N-dealkylation sites (tertiary alicyclic amines) is 1. The van der Waals surface area contributed by atoms with Gasteiger partial charge in [0.05, 0.1) is 11.1 Å². The van der Waals surface area contributed by atoms with Gasteiger partial charge in [0.15, 0.2) is 5.76 Å². The van der Waals surface area contributed by atoms with E-state index in [1.165, 1.54) is 5.57 Å². The molecule has 0 radical (unpaired) electrons. The molecule has 1 aromatic carbocycles. The Morgan fingerprint density at radius 2 is 1.72 bits per heavy atom. The van der Waals surface area contributed by atoms with E-state index in [1.807, 2.05) is 32.9 Å². The van der Waals surface area contributed by atoms with Gasteiger partial charge in [0, 0.05) is 49.6 Å². The molecule has 7 heteroatoms. The molecule has 0 atom stereocenters. The van der Waals surface area contributed by atoms with Gasteiger partial charge in [0.2, 0.25) is 11.9 Å². The molecule has 0 unspecified atom stereocenters. The molecule has 2 aromatic rings. The van der Waals surface area contributed by atoms with Gasteiger partial charge in [-0.2, -0.15) is 0 Å². The maximum absolute atomic E-state index is 13.9. The average molecular weight is 488 g/mol. The minimum absolute atomic E-state index is 0.279. The normalized spacial score (nSPS) is 20.0. The molecule has 3 aliphatic heterocycles. The molecule has 1 spiro atoms. The summed E-state index contributed by atoms with van der Waals surface area (Å²) in [5.41, 5.74) is 6.13. The first-order valence-corrected chi connectivity index (χ1v) is 13.3. The van der Waals surface area contributed by atoms with Gasteiger partial charge in [-0.05, 0) is 70.1 Å². The van der Waals surface area contributed by atoms with Crippen LogP contribution in [0.25, 0.3) is 5.76 Å². The summed E-state index contributed by atoms with van der Waals surface area (Å²) in [5.74, 6) is 1.95. The van der Waals surface area contributed by atoms with Crippen molar-refractivity contribution < 1.29 is 9.63 Å². The van der Waals surface area contributed by atoms with Crippen molar-refractivity contribution in [3.8, 4) is 0 Å². The monoisotopic (exact) mass is 487 g/mol. The first-order chi connectivity index (χ1) is 17.4. The van der Waals surface area contributed by atoms with E-state index in [0.717, 1.165) is 98.1 Å². The van der Waals surface area contributed by atoms with Gasteiger partial charge in [-0.15, -0.1) is 0 Å². The van der Waals surface area contributed by atoms with Crippen LogP contribution < -0.4 is 4.90 Å². The Balaban J connectivity index is 1.33. The molecule has 36 heavy (non-hydrogen) atoms. The predicted molar refractivity (Wildman–Crippen MR) is 143 cm³/mol. The van der Waals surface area contributed by atoms with Gasteiger partial charge in [-0.1, -0.05) is 36.3 Å². The molecule has 7 nitrogen and oxygen atoms in total. The number of nitrogens with zero attached hydrogens (tertiary/aromatic N) is 5. The smallest absolute Gasteiger partial charge is 0.229 e. The summed E-state index contributed by atoms with van der Waals surface area (Å²) in [7, 11) is 0. The predicted octanol–water partition coefficient (Wildman–Crippen LogP) is 5.42. The van der Waals surface area contributed by atoms with Crippen molar-refractivity contribution in [2.45, 2.75) is 72.8 Å². The topological polar surface area (TPSA) is 70.9 Å². The van der Waals surface area contributed by atoms with E-state index >= 15 is 0 Å². The fourth-order valence-electron chi connectivity index (χ4n) is 5.97. The highest BCUT2D eigenvalue weighted by atomic mass is 16.6. The van der Waals surface area contributed by atoms with Crippen LogP contribution in [0.3, 0.4) is 0 Å². The molecule has 5 rings (SSSR count). The van der Waals surface area contributed by atoms with Crippen LogP contribution in [0.5, 0.6) is 0 Å². The minimum Gasteiger partial charge on any atom is -0.356 e. The van der Waals surface area contributed by atoms with Crippen LogP contribution in [0.2, 0.25) is 0 Å². The average Bonchev–Trinajstić information content (AvgIpc) is 2.87. The van der Waals surface area contributed by atoms with Crippen molar-refractivity contribution in [2.75, 3.05) is 24.5 Å². The fourth-order valence-corrected chi connectivity index (χ4v) is 5.97. The van der Waals surface area contributed by atoms with Gasteiger partial charge in [-0.25, -0.2) is 9.97 Å². The van der Waals surface area contributed by atoms with Crippen LogP contribution in [-0.4, -0.2) is 46.1 Å². The number of oxime groups is 1. The Bertz CT molecular complexity index is 1190. The van der Waals surface area contributed by atoms with Gasteiger partial charge in [0.25, 0.3) is 0 Å². The van der Waals surface area contributed by atoms with E-state index in [2.05, 4.69) is 50.0 Å². The number of carbonyl (C=O) groups is 1. The van der Waals surface area contributed by atoms with Crippen molar-refractivity contribution in [1.82, 2.24) is 14.9 Å². The molecule has 0 aliphatic carbocycles. The molecule has 0 N–H and O–H groups in total. The maximum Gasteiger partial charge on any atom is 0.229 e. The Labute approximate surface area is 214 Å². The second-order valence-corrected chi connectivity index (χ2v) is 10.6.